The van der Waals surface area contributed by atoms with E-state index in [0.29, 0.717) is 0 Å². The maximum atomic E-state index is 4.13. The Balaban J connectivity index is 0.000000130. The molecule has 0 amide bonds. The minimum absolute atomic E-state index is 0. The second kappa shape index (κ2) is 11.7. The van der Waals surface area contributed by atoms with Crippen LogP contribution in [0.3, 0.4) is 0 Å². The van der Waals surface area contributed by atoms with Crippen molar-refractivity contribution in [2.45, 2.75) is 0 Å². The van der Waals surface area contributed by atoms with Gasteiger partial charge in [0, 0.05) is 32.5 Å². The van der Waals surface area contributed by atoms with E-state index >= 15 is 0 Å². The average molecular weight is 575 g/mol. The molecule has 0 spiro atoms. The van der Waals surface area contributed by atoms with Crippen LogP contribution in [0.4, 0.5) is 0 Å². The first-order valence-electron chi connectivity index (χ1n) is 9.60. The summed E-state index contributed by atoms with van der Waals surface area (Å²) in [5, 5.41) is 4.55. The molecular formula is C28H18IrN2-4. The first-order chi connectivity index (χ1) is 14.9. The Morgan fingerprint density at radius 3 is 1.26 bits per heavy atom. The van der Waals surface area contributed by atoms with E-state index in [4.69, 9.17) is 0 Å². The third-order valence-corrected chi connectivity index (χ3v) is 4.35. The number of nitrogens with zero attached hydrogens (tertiary/aromatic N) is 2. The van der Waals surface area contributed by atoms with Gasteiger partial charge in [0.15, 0.2) is 0 Å². The fraction of sp³-hybridized carbons (Fsp3) is 0. The second-order valence-corrected chi connectivity index (χ2v) is 6.39. The van der Waals surface area contributed by atoms with Crippen LogP contribution in [0.1, 0.15) is 0 Å². The molecule has 0 atom stereocenters. The van der Waals surface area contributed by atoms with Gasteiger partial charge in [-0.25, -0.2) is 23.6 Å². The van der Waals surface area contributed by atoms with Crippen molar-refractivity contribution < 1.29 is 20.1 Å². The zero-order valence-electron chi connectivity index (χ0n) is 16.6. The molecule has 0 bridgehead atoms. The van der Waals surface area contributed by atoms with Gasteiger partial charge in [-0.1, -0.05) is 18.2 Å². The average Bonchev–Trinajstić information content (AvgIpc) is 2.85. The van der Waals surface area contributed by atoms with Gasteiger partial charge >= 0.3 is 0 Å². The molecule has 31 heavy (non-hydrogen) atoms. The molecule has 4 aromatic carbocycles. The van der Waals surface area contributed by atoms with Gasteiger partial charge in [-0.3, -0.25) is 27.5 Å². The molecule has 0 saturated heterocycles. The number of aromatic nitrogens is 2. The van der Waals surface area contributed by atoms with Gasteiger partial charge in [0.25, 0.3) is 0 Å². The van der Waals surface area contributed by atoms with Gasteiger partial charge < -0.3 is 0 Å². The Bertz CT molecular complexity index is 999. The monoisotopic (exact) mass is 575 g/mol. The molecular weight excluding hydrogens is 557 g/mol. The van der Waals surface area contributed by atoms with E-state index in [9.17, 15) is 0 Å². The fourth-order valence-electron chi connectivity index (χ4n) is 2.90. The molecule has 153 valence electrons. The Morgan fingerprint density at radius 2 is 0.839 bits per heavy atom. The van der Waals surface area contributed by atoms with Crippen LogP contribution >= 0.6 is 0 Å². The standard InChI is InChI=1S/C10H6.2C9H6N.Ir/c1-2-6-10-8-4-3-7-9(10)5-1;2*1-2-6-9-8(4-1)5-3-7-10-9;/h3*1-5,7H;/q-2;2*-1;. The van der Waals surface area contributed by atoms with E-state index in [1.807, 2.05) is 84.9 Å². The molecule has 2 nitrogen and oxygen atoms in total. The van der Waals surface area contributed by atoms with Crippen LogP contribution in [0.25, 0.3) is 32.6 Å². The summed E-state index contributed by atoms with van der Waals surface area (Å²) in [5.41, 5.74) is 1.87. The number of fused-ring (bicyclic) bond motifs is 3. The quantitative estimate of drug-likeness (QED) is 0.194. The van der Waals surface area contributed by atoms with Gasteiger partial charge in [-0.15, -0.1) is 29.0 Å². The van der Waals surface area contributed by atoms with E-state index in [1.165, 1.54) is 5.39 Å². The zero-order chi connectivity index (χ0) is 20.4. The number of rotatable bonds is 0. The van der Waals surface area contributed by atoms with Crippen LogP contribution in [0, 0.1) is 24.3 Å². The Labute approximate surface area is 196 Å². The maximum absolute atomic E-state index is 4.13. The summed E-state index contributed by atoms with van der Waals surface area (Å²) in [6.07, 6.45) is 3.55. The van der Waals surface area contributed by atoms with Crippen molar-refractivity contribution in [1.29, 1.82) is 0 Å². The van der Waals surface area contributed by atoms with Gasteiger partial charge in [-0.2, -0.15) is 54.6 Å². The Kier molecular flexibility index (Phi) is 8.42. The van der Waals surface area contributed by atoms with E-state index in [-0.39, 0.29) is 20.1 Å². The summed E-state index contributed by atoms with van der Waals surface area (Å²) in [6.45, 7) is 0. The minimum atomic E-state index is 0. The smallest absolute Gasteiger partial charge is 0.0239 e. The first kappa shape index (κ1) is 22.3. The molecule has 0 N–H and O–H groups in total. The third-order valence-electron chi connectivity index (χ3n) is 4.35. The van der Waals surface area contributed by atoms with E-state index in [2.05, 4.69) is 46.4 Å². The molecule has 0 saturated carbocycles. The summed E-state index contributed by atoms with van der Waals surface area (Å²) in [4.78, 5) is 8.25. The summed E-state index contributed by atoms with van der Waals surface area (Å²) in [7, 11) is 0. The third kappa shape index (κ3) is 6.29. The molecule has 0 fully saturated rings. The topological polar surface area (TPSA) is 25.8 Å². The van der Waals surface area contributed by atoms with Crippen molar-refractivity contribution in [2.24, 2.45) is 0 Å². The number of pyridine rings is 2. The number of benzene rings is 4. The van der Waals surface area contributed by atoms with Crippen LogP contribution in [-0.2, 0) is 20.1 Å². The molecule has 0 aliphatic carbocycles. The SMILES string of the molecule is [Ir].[c-]1cccc2ccc[c-]c12.[c-]1cccc2cccnc12.[c-]1cccc2cccnc12. The minimum Gasteiger partial charge on any atom is -0.286 e. The summed E-state index contributed by atoms with van der Waals surface area (Å²) < 4.78 is 0. The van der Waals surface area contributed by atoms with Crippen LogP contribution in [-0.4, -0.2) is 9.97 Å². The van der Waals surface area contributed by atoms with Crippen LogP contribution in [0.15, 0.2) is 109 Å². The molecule has 0 unspecified atom stereocenters. The van der Waals surface area contributed by atoms with Crippen LogP contribution < -0.4 is 0 Å². The molecule has 3 heteroatoms. The van der Waals surface area contributed by atoms with Gasteiger partial charge in [0.1, 0.15) is 0 Å². The largest absolute Gasteiger partial charge is 0.286 e. The normalized spacial score (nSPS) is 9.68. The zero-order valence-corrected chi connectivity index (χ0v) is 19.0. The first-order valence-corrected chi connectivity index (χ1v) is 9.60. The van der Waals surface area contributed by atoms with Crippen LogP contribution in [0.5, 0.6) is 0 Å². The molecule has 1 radical (unpaired) electrons. The number of para-hydroxylation sites is 2. The molecule has 2 aromatic heterocycles. The number of hydrogen-bond acceptors (Lipinski definition) is 2. The molecule has 6 rings (SSSR count). The van der Waals surface area contributed by atoms with Crippen molar-refractivity contribution in [3.05, 3.63) is 134 Å². The predicted molar refractivity (Wildman–Crippen MR) is 123 cm³/mol. The van der Waals surface area contributed by atoms with Gasteiger partial charge in [-0.05, 0) is 11.0 Å². The van der Waals surface area contributed by atoms with Crippen molar-refractivity contribution in [1.82, 2.24) is 9.97 Å². The van der Waals surface area contributed by atoms with E-state index < -0.39 is 0 Å². The Morgan fingerprint density at radius 1 is 0.452 bits per heavy atom. The Hall–Kier alpha value is -3.39. The maximum Gasteiger partial charge on any atom is 0.0239 e. The van der Waals surface area contributed by atoms with E-state index in [1.54, 1.807) is 12.4 Å². The summed E-state index contributed by atoms with van der Waals surface area (Å²) in [5.74, 6) is 0. The van der Waals surface area contributed by atoms with Crippen molar-refractivity contribution in [3.8, 4) is 0 Å². The fourth-order valence-corrected chi connectivity index (χ4v) is 2.90. The number of hydrogen-bond donors (Lipinski definition) is 0. The molecule has 0 aliphatic rings. The van der Waals surface area contributed by atoms with Crippen molar-refractivity contribution in [3.63, 3.8) is 0 Å². The van der Waals surface area contributed by atoms with Gasteiger partial charge in [0.2, 0.25) is 0 Å². The molecule has 0 aliphatic heterocycles. The van der Waals surface area contributed by atoms with Crippen molar-refractivity contribution >= 4 is 32.6 Å². The second-order valence-electron chi connectivity index (χ2n) is 6.39. The van der Waals surface area contributed by atoms with Gasteiger partial charge in [0.05, 0.1) is 0 Å². The van der Waals surface area contributed by atoms with E-state index in [0.717, 1.165) is 27.2 Å². The molecule has 6 aromatic rings. The van der Waals surface area contributed by atoms with Crippen LogP contribution in [0.2, 0.25) is 0 Å². The summed E-state index contributed by atoms with van der Waals surface area (Å²) in [6, 6.07) is 43.8. The molecule has 2 heterocycles. The summed E-state index contributed by atoms with van der Waals surface area (Å²) >= 11 is 0. The predicted octanol–water partition coefficient (Wildman–Crippen LogP) is 6.51. The van der Waals surface area contributed by atoms with Crippen molar-refractivity contribution in [2.75, 3.05) is 0 Å².